The SMILES string of the molecule is CCCCOC(=O)c1c(C)cc(OC(=O)c2c(C)cc(OCc3ccc(OC)cc3)c(C)c2OC)c(C)c1O. The molecule has 0 fully saturated rings. The molecule has 0 saturated heterocycles. The molecule has 39 heavy (non-hydrogen) atoms. The summed E-state index contributed by atoms with van der Waals surface area (Å²) in [7, 11) is 3.09. The van der Waals surface area contributed by atoms with E-state index < -0.39 is 11.9 Å². The number of hydrogen-bond donors (Lipinski definition) is 1. The quantitative estimate of drug-likeness (QED) is 0.171. The minimum Gasteiger partial charge on any atom is -0.507 e. The molecule has 0 aromatic heterocycles. The van der Waals surface area contributed by atoms with Crippen LogP contribution in [-0.2, 0) is 11.3 Å². The number of methoxy groups -OCH3 is 2. The largest absolute Gasteiger partial charge is 0.507 e. The van der Waals surface area contributed by atoms with Crippen molar-refractivity contribution in [1.29, 1.82) is 0 Å². The highest BCUT2D eigenvalue weighted by molar-refractivity contribution is 5.98. The van der Waals surface area contributed by atoms with Gasteiger partial charge in [0.05, 0.1) is 20.8 Å². The maximum Gasteiger partial charge on any atom is 0.347 e. The number of ether oxygens (including phenoxy) is 5. The van der Waals surface area contributed by atoms with Crippen molar-refractivity contribution >= 4 is 11.9 Å². The third kappa shape index (κ3) is 6.63. The van der Waals surface area contributed by atoms with Gasteiger partial charge in [0.2, 0.25) is 0 Å². The molecule has 0 amide bonds. The minimum atomic E-state index is -0.658. The van der Waals surface area contributed by atoms with Gasteiger partial charge in [0.1, 0.15) is 46.5 Å². The molecule has 0 heterocycles. The molecule has 0 radical (unpaired) electrons. The van der Waals surface area contributed by atoms with Gasteiger partial charge in [0.25, 0.3) is 0 Å². The lowest BCUT2D eigenvalue weighted by Crippen LogP contribution is -2.15. The highest BCUT2D eigenvalue weighted by Gasteiger charge is 2.26. The Hall–Kier alpha value is -4.20. The Morgan fingerprint density at radius 1 is 0.821 bits per heavy atom. The number of phenolic OH excluding ortho intramolecular Hbond substituents is 1. The standard InChI is InChI=1S/C31H36O8/c1-8-9-14-37-30(33)26-18(2)16-25(20(4)28(26)32)39-31(34)27-19(3)15-24(21(5)29(27)36-7)38-17-22-10-12-23(35-6)13-11-22/h10-13,15-16,32H,8-9,14,17H2,1-7H3. The number of carbonyl (C=O) groups excluding carboxylic acids is 2. The predicted molar refractivity (Wildman–Crippen MR) is 148 cm³/mol. The van der Waals surface area contributed by atoms with Crippen molar-refractivity contribution in [2.75, 3.05) is 20.8 Å². The van der Waals surface area contributed by atoms with Crippen LogP contribution >= 0.6 is 0 Å². The van der Waals surface area contributed by atoms with Crippen LogP contribution in [0.5, 0.6) is 28.7 Å². The van der Waals surface area contributed by atoms with E-state index in [2.05, 4.69) is 0 Å². The van der Waals surface area contributed by atoms with Crippen LogP contribution in [0.25, 0.3) is 0 Å². The first-order chi connectivity index (χ1) is 18.6. The molecule has 8 heteroatoms. The summed E-state index contributed by atoms with van der Waals surface area (Å²) in [6.45, 7) is 9.38. The fraction of sp³-hybridized carbons (Fsp3) is 0.355. The molecule has 0 bridgehead atoms. The van der Waals surface area contributed by atoms with E-state index in [1.54, 1.807) is 46.9 Å². The van der Waals surface area contributed by atoms with E-state index in [0.29, 0.717) is 34.8 Å². The number of hydrogen-bond acceptors (Lipinski definition) is 8. The molecule has 0 unspecified atom stereocenters. The molecular weight excluding hydrogens is 500 g/mol. The first-order valence-corrected chi connectivity index (χ1v) is 12.8. The summed E-state index contributed by atoms with van der Waals surface area (Å²) < 4.78 is 27.8. The fourth-order valence-corrected chi connectivity index (χ4v) is 4.16. The number of aryl methyl sites for hydroxylation is 2. The van der Waals surface area contributed by atoms with E-state index in [4.69, 9.17) is 23.7 Å². The monoisotopic (exact) mass is 536 g/mol. The molecule has 3 aromatic rings. The Balaban J connectivity index is 1.85. The van der Waals surface area contributed by atoms with Gasteiger partial charge in [-0.1, -0.05) is 25.5 Å². The van der Waals surface area contributed by atoms with Crippen molar-refractivity contribution in [2.45, 2.75) is 54.1 Å². The van der Waals surface area contributed by atoms with Crippen molar-refractivity contribution in [1.82, 2.24) is 0 Å². The van der Waals surface area contributed by atoms with Crippen molar-refractivity contribution in [2.24, 2.45) is 0 Å². The van der Waals surface area contributed by atoms with Crippen LogP contribution in [0, 0.1) is 27.7 Å². The van der Waals surface area contributed by atoms with Crippen LogP contribution in [0.4, 0.5) is 0 Å². The molecular formula is C31H36O8. The minimum absolute atomic E-state index is 0.0615. The summed E-state index contributed by atoms with van der Waals surface area (Å²) in [5, 5.41) is 10.7. The zero-order valence-electron chi connectivity index (χ0n) is 23.6. The first kappa shape index (κ1) is 29.4. The number of esters is 2. The van der Waals surface area contributed by atoms with E-state index in [9.17, 15) is 14.7 Å². The van der Waals surface area contributed by atoms with Gasteiger partial charge < -0.3 is 28.8 Å². The van der Waals surface area contributed by atoms with Gasteiger partial charge >= 0.3 is 11.9 Å². The van der Waals surface area contributed by atoms with E-state index in [1.807, 2.05) is 31.2 Å². The van der Waals surface area contributed by atoms with Crippen molar-refractivity contribution in [3.8, 4) is 28.7 Å². The second-order valence-corrected chi connectivity index (χ2v) is 9.28. The zero-order valence-corrected chi connectivity index (χ0v) is 23.6. The molecule has 8 nitrogen and oxygen atoms in total. The predicted octanol–water partition coefficient (Wildman–Crippen LogP) is 6.40. The maximum atomic E-state index is 13.4. The third-order valence-corrected chi connectivity index (χ3v) is 6.48. The molecule has 0 saturated carbocycles. The van der Waals surface area contributed by atoms with Crippen LogP contribution in [0.1, 0.15) is 68.3 Å². The van der Waals surface area contributed by atoms with Gasteiger partial charge in [-0.2, -0.15) is 0 Å². The van der Waals surface area contributed by atoms with Crippen molar-refractivity contribution in [3.63, 3.8) is 0 Å². The normalized spacial score (nSPS) is 10.6. The summed E-state index contributed by atoms with van der Waals surface area (Å²) in [6.07, 6.45) is 1.61. The van der Waals surface area contributed by atoms with Gasteiger partial charge in [0.15, 0.2) is 0 Å². The van der Waals surface area contributed by atoms with Crippen molar-refractivity contribution in [3.05, 3.63) is 75.3 Å². The van der Waals surface area contributed by atoms with E-state index in [0.717, 1.165) is 24.2 Å². The molecule has 208 valence electrons. The third-order valence-electron chi connectivity index (χ3n) is 6.48. The summed E-state index contributed by atoms with van der Waals surface area (Å²) >= 11 is 0. The van der Waals surface area contributed by atoms with Crippen LogP contribution in [0.2, 0.25) is 0 Å². The van der Waals surface area contributed by atoms with Crippen LogP contribution in [0.3, 0.4) is 0 Å². The Morgan fingerprint density at radius 2 is 1.46 bits per heavy atom. The summed E-state index contributed by atoms with van der Waals surface area (Å²) in [5.41, 5.74) is 3.19. The Kier molecular flexibility index (Phi) is 9.82. The lowest BCUT2D eigenvalue weighted by Gasteiger charge is -2.19. The van der Waals surface area contributed by atoms with Crippen LogP contribution in [0.15, 0.2) is 36.4 Å². The second kappa shape index (κ2) is 13.0. The molecule has 1 N–H and O–H groups in total. The molecule has 0 aliphatic carbocycles. The summed E-state index contributed by atoms with van der Waals surface area (Å²) in [4.78, 5) is 25.9. The highest BCUT2D eigenvalue weighted by Crippen LogP contribution is 2.38. The fourth-order valence-electron chi connectivity index (χ4n) is 4.16. The Morgan fingerprint density at radius 3 is 2.08 bits per heavy atom. The maximum absolute atomic E-state index is 13.4. The average Bonchev–Trinajstić information content (AvgIpc) is 2.91. The summed E-state index contributed by atoms with van der Waals surface area (Å²) in [5.74, 6) is 0.259. The highest BCUT2D eigenvalue weighted by atomic mass is 16.5. The zero-order chi connectivity index (χ0) is 28.7. The van der Waals surface area contributed by atoms with E-state index >= 15 is 0 Å². The second-order valence-electron chi connectivity index (χ2n) is 9.28. The smallest absolute Gasteiger partial charge is 0.347 e. The number of phenols is 1. The number of unbranched alkanes of at least 4 members (excludes halogenated alkanes) is 1. The molecule has 0 spiro atoms. The van der Waals surface area contributed by atoms with Gasteiger partial charge in [-0.05, 0) is 75.1 Å². The van der Waals surface area contributed by atoms with Gasteiger partial charge in [-0.25, -0.2) is 9.59 Å². The number of rotatable bonds is 11. The number of benzene rings is 3. The van der Waals surface area contributed by atoms with E-state index in [-0.39, 0.29) is 34.8 Å². The van der Waals surface area contributed by atoms with Gasteiger partial charge in [-0.3, -0.25) is 0 Å². The number of aromatic hydroxyl groups is 1. The van der Waals surface area contributed by atoms with Crippen LogP contribution in [-0.4, -0.2) is 37.9 Å². The van der Waals surface area contributed by atoms with Gasteiger partial charge in [-0.15, -0.1) is 0 Å². The van der Waals surface area contributed by atoms with Crippen molar-refractivity contribution < 1.29 is 38.4 Å². The summed E-state index contributed by atoms with van der Waals surface area (Å²) in [6, 6.07) is 10.9. The molecule has 0 atom stereocenters. The first-order valence-electron chi connectivity index (χ1n) is 12.8. The lowest BCUT2D eigenvalue weighted by molar-refractivity contribution is 0.0495. The molecule has 0 aliphatic rings. The lowest BCUT2D eigenvalue weighted by atomic mass is 10.0. The topological polar surface area (TPSA) is 101 Å². The molecule has 3 rings (SSSR count). The molecule has 3 aromatic carbocycles. The van der Waals surface area contributed by atoms with Crippen LogP contribution < -0.4 is 18.9 Å². The number of carbonyl (C=O) groups is 2. The molecule has 0 aliphatic heterocycles. The Labute approximate surface area is 229 Å². The van der Waals surface area contributed by atoms with Gasteiger partial charge in [0, 0.05) is 11.1 Å². The Bertz CT molecular complexity index is 1340. The average molecular weight is 537 g/mol. The van der Waals surface area contributed by atoms with E-state index in [1.165, 1.54) is 7.11 Å².